The van der Waals surface area contributed by atoms with Crippen LogP contribution in [0, 0.1) is 29.5 Å². The number of hydrogen-bond donors (Lipinski definition) is 1. The molecule has 2 aromatic rings. The van der Waals surface area contributed by atoms with Crippen LogP contribution in [0.3, 0.4) is 0 Å². The largest absolute Gasteiger partial charge is 0.487 e. The van der Waals surface area contributed by atoms with Crippen molar-refractivity contribution < 1.29 is 22.7 Å². The van der Waals surface area contributed by atoms with Gasteiger partial charge in [-0.15, -0.1) is 0 Å². The molecule has 1 N–H and O–H groups in total. The smallest absolute Gasteiger partial charge is 0.247 e. The van der Waals surface area contributed by atoms with Crippen molar-refractivity contribution in [3.05, 3.63) is 59.4 Å². The number of likely N-dealkylation sites (N-methyl/N-ethyl adjacent to an activating group) is 1. The van der Waals surface area contributed by atoms with Gasteiger partial charge in [0.15, 0.2) is 0 Å². The van der Waals surface area contributed by atoms with Crippen molar-refractivity contribution >= 4 is 10.0 Å². The first-order valence-electron chi connectivity index (χ1n) is 12.1. The normalized spacial score (nSPS) is 22.8. The van der Waals surface area contributed by atoms with Gasteiger partial charge in [-0.05, 0) is 51.1 Å². The van der Waals surface area contributed by atoms with E-state index in [9.17, 15) is 17.9 Å². The number of nitrogens with zero attached hydrogens (tertiary/aromatic N) is 2. The standard InChI is InChI=1S/C27H33FN2O4S/c1-19-15-30(20(2)18-31)35(32,33)27-13-12-22(11-10-21-8-9-21)14-25(27)34-26(19)17-29(3)16-23-6-4-5-7-24(23)28/h4-7,12-14,19-21,26,31H,8-9,15-18H2,1-3H3/t19-,20+,26+/m0/s1. The van der Waals surface area contributed by atoms with Crippen LogP contribution in [-0.2, 0) is 16.6 Å². The molecule has 2 aliphatic rings. The highest BCUT2D eigenvalue weighted by Gasteiger charge is 2.38. The molecule has 1 saturated carbocycles. The first-order chi connectivity index (χ1) is 16.7. The summed E-state index contributed by atoms with van der Waals surface area (Å²) in [5, 5.41) is 9.79. The van der Waals surface area contributed by atoms with Crippen LogP contribution in [0.5, 0.6) is 5.75 Å². The summed E-state index contributed by atoms with van der Waals surface area (Å²) in [6.45, 7) is 4.41. The number of aliphatic hydroxyl groups excluding tert-OH is 1. The Morgan fingerprint density at radius 3 is 2.69 bits per heavy atom. The van der Waals surface area contributed by atoms with Gasteiger partial charge in [-0.3, -0.25) is 4.90 Å². The summed E-state index contributed by atoms with van der Waals surface area (Å²) in [4.78, 5) is 2.05. The second-order valence-electron chi connectivity index (χ2n) is 9.73. The van der Waals surface area contributed by atoms with Crippen LogP contribution < -0.4 is 4.74 Å². The lowest BCUT2D eigenvalue weighted by molar-refractivity contribution is 0.0731. The Morgan fingerprint density at radius 2 is 2.00 bits per heavy atom. The van der Waals surface area contributed by atoms with Crippen molar-refractivity contribution in [3.63, 3.8) is 0 Å². The topological polar surface area (TPSA) is 70.1 Å². The van der Waals surface area contributed by atoms with E-state index < -0.39 is 16.1 Å². The fourth-order valence-corrected chi connectivity index (χ4v) is 6.05. The Morgan fingerprint density at radius 1 is 1.26 bits per heavy atom. The van der Waals surface area contributed by atoms with Gasteiger partial charge in [0.25, 0.3) is 0 Å². The molecule has 1 aliphatic carbocycles. The molecule has 2 aromatic carbocycles. The Hall–Kier alpha value is -2.44. The minimum absolute atomic E-state index is 0.0726. The van der Waals surface area contributed by atoms with Gasteiger partial charge in [-0.1, -0.05) is 37.0 Å². The number of ether oxygens (including phenoxy) is 1. The number of fused-ring (bicyclic) bond motifs is 1. The van der Waals surface area contributed by atoms with E-state index in [0.717, 1.165) is 12.8 Å². The fourth-order valence-electron chi connectivity index (χ4n) is 4.22. The SMILES string of the molecule is C[C@H](CO)N1C[C@H](C)[C@@H](CN(C)Cc2ccccc2F)Oc2cc(C#CC3CC3)ccc2S1(=O)=O. The Bertz CT molecular complexity index is 1220. The highest BCUT2D eigenvalue weighted by atomic mass is 32.2. The van der Waals surface area contributed by atoms with Crippen LogP contribution in [0.15, 0.2) is 47.4 Å². The third-order valence-corrected chi connectivity index (χ3v) is 8.57. The maximum Gasteiger partial charge on any atom is 0.247 e. The van der Waals surface area contributed by atoms with Crippen LogP contribution in [0.2, 0.25) is 0 Å². The molecule has 0 amide bonds. The third kappa shape index (κ3) is 6.04. The van der Waals surface area contributed by atoms with Crippen molar-refractivity contribution in [1.82, 2.24) is 9.21 Å². The molecule has 1 heterocycles. The van der Waals surface area contributed by atoms with Crippen LogP contribution >= 0.6 is 0 Å². The number of hydrogen-bond acceptors (Lipinski definition) is 5. The van der Waals surface area contributed by atoms with Gasteiger partial charge in [0.2, 0.25) is 10.0 Å². The molecule has 35 heavy (non-hydrogen) atoms. The van der Waals surface area contributed by atoms with Crippen molar-refractivity contribution in [1.29, 1.82) is 0 Å². The average molecular weight is 501 g/mol. The van der Waals surface area contributed by atoms with Crippen molar-refractivity contribution in [2.45, 2.75) is 50.3 Å². The Kier molecular flexibility index (Phi) is 7.82. The zero-order valence-electron chi connectivity index (χ0n) is 20.4. The van der Waals surface area contributed by atoms with Crippen LogP contribution in [0.1, 0.15) is 37.8 Å². The molecule has 188 valence electrons. The lowest BCUT2D eigenvalue weighted by Crippen LogP contribution is -2.49. The molecule has 0 saturated heterocycles. The van der Waals surface area contributed by atoms with Gasteiger partial charge in [0.05, 0.1) is 6.61 Å². The minimum atomic E-state index is -3.89. The Balaban J connectivity index is 1.67. The molecule has 6 nitrogen and oxygen atoms in total. The van der Waals surface area contributed by atoms with Crippen molar-refractivity contribution in [3.8, 4) is 17.6 Å². The maximum absolute atomic E-state index is 14.2. The minimum Gasteiger partial charge on any atom is -0.487 e. The molecule has 0 aromatic heterocycles. The van der Waals surface area contributed by atoms with Crippen LogP contribution in [0.4, 0.5) is 4.39 Å². The molecule has 0 radical (unpaired) electrons. The van der Waals surface area contributed by atoms with E-state index in [-0.39, 0.29) is 41.6 Å². The summed E-state index contributed by atoms with van der Waals surface area (Å²) in [6.07, 6.45) is 1.84. The summed E-state index contributed by atoms with van der Waals surface area (Å²) < 4.78 is 49.1. The fraction of sp³-hybridized carbons (Fsp3) is 0.481. The average Bonchev–Trinajstić information content (AvgIpc) is 3.65. The van der Waals surface area contributed by atoms with E-state index in [1.165, 1.54) is 10.4 Å². The number of halogens is 1. The van der Waals surface area contributed by atoms with Crippen LogP contribution in [-0.4, -0.2) is 61.6 Å². The molecule has 4 rings (SSSR count). The molecule has 8 heteroatoms. The zero-order chi connectivity index (χ0) is 25.2. The number of benzene rings is 2. The monoisotopic (exact) mass is 500 g/mol. The maximum atomic E-state index is 14.2. The zero-order valence-corrected chi connectivity index (χ0v) is 21.3. The highest BCUT2D eigenvalue weighted by molar-refractivity contribution is 7.89. The first-order valence-corrected chi connectivity index (χ1v) is 13.5. The molecular formula is C27H33FN2O4S. The van der Waals surface area contributed by atoms with E-state index in [4.69, 9.17) is 4.74 Å². The summed E-state index contributed by atoms with van der Waals surface area (Å²) in [7, 11) is -2.00. The summed E-state index contributed by atoms with van der Waals surface area (Å²) in [5.41, 5.74) is 1.30. The van der Waals surface area contributed by atoms with E-state index in [1.807, 2.05) is 18.9 Å². The quantitative estimate of drug-likeness (QED) is 0.615. The molecule has 3 atom stereocenters. The van der Waals surface area contributed by atoms with E-state index >= 15 is 0 Å². The second kappa shape index (κ2) is 10.7. The van der Waals surface area contributed by atoms with Gasteiger partial charge in [-0.25, -0.2) is 12.8 Å². The van der Waals surface area contributed by atoms with Gasteiger partial charge in [-0.2, -0.15) is 4.31 Å². The molecule has 1 fully saturated rings. The molecule has 0 unspecified atom stereocenters. The van der Waals surface area contributed by atoms with Gasteiger partial charge < -0.3 is 9.84 Å². The van der Waals surface area contributed by atoms with Crippen molar-refractivity contribution in [2.75, 3.05) is 26.7 Å². The molecule has 0 spiro atoms. The molecule has 1 aliphatic heterocycles. The highest BCUT2D eigenvalue weighted by Crippen LogP contribution is 2.34. The second-order valence-corrected chi connectivity index (χ2v) is 11.6. The lowest BCUT2D eigenvalue weighted by atomic mass is 10.0. The predicted molar refractivity (Wildman–Crippen MR) is 133 cm³/mol. The number of sulfonamides is 1. The third-order valence-electron chi connectivity index (χ3n) is 6.55. The van der Waals surface area contributed by atoms with Gasteiger partial charge in [0.1, 0.15) is 22.6 Å². The lowest BCUT2D eigenvalue weighted by Gasteiger charge is -2.37. The summed E-state index contributed by atoms with van der Waals surface area (Å²) in [5.74, 6) is 6.58. The van der Waals surface area contributed by atoms with E-state index in [2.05, 4.69) is 11.8 Å². The van der Waals surface area contributed by atoms with Crippen LogP contribution in [0.25, 0.3) is 0 Å². The molecule has 0 bridgehead atoms. The van der Waals surface area contributed by atoms with Gasteiger partial charge >= 0.3 is 0 Å². The number of aliphatic hydroxyl groups is 1. The summed E-state index contributed by atoms with van der Waals surface area (Å²) in [6, 6.07) is 11.0. The van der Waals surface area contributed by atoms with E-state index in [0.29, 0.717) is 30.1 Å². The van der Waals surface area contributed by atoms with Gasteiger partial charge in [0, 0.05) is 48.6 Å². The molecular weight excluding hydrogens is 467 g/mol. The van der Waals surface area contributed by atoms with Crippen molar-refractivity contribution in [2.24, 2.45) is 11.8 Å². The summed E-state index contributed by atoms with van der Waals surface area (Å²) >= 11 is 0. The Labute approximate surface area is 207 Å². The van der Waals surface area contributed by atoms with E-state index in [1.54, 1.807) is 43.3 Å². The first kappa shape index (κ1) is 25.6. The number of rotatable bonds is 6. The predicted octanol–water partition coefficient (Wildman–Crippen LogP) is 3.49.